The van der Waals surface area contributed by atoms with Crippen LogP contribution in [0.4, 0.5) is 13.2 Å². The third-order valence-electron chi connectivity index (χ3n) is 2.66. The maximum Gasteiger partial charge on any atom is 0.413 e. The van der Waals surface area contributed by atoms with Gasteiger partial charge in [-0.15, -0.1) is 0 Å². The molecule has 1 aliphatic rings. The third kappa shape index (κ3) is 2.57. The molecule has 0 spiro atoms. The van der Waals surface area contributed by atoms with Gasteiger partial charge in [-0.25, -0.2) is 0 Å². The number of hydrogen-bond acceptors (Lipinski definition) is 1. The molecular weight excluding hydrogens is 227 g/mol. The van der Waals surface area contributed by atoms with Crippen molar-refractivity contribution in [1.82, 2.24) is 4.98 Å². The second-order valence-corrected chi connectivity index (χ2v) is 3.89. The molecular formula is C13H11F3N. The van der Waals surface area contributed by atoms with Crippen LogP contribution >= 0.6 is 0 Å². The highest BCUT2D eigenvalue weighted by Gasteiger charge is 2.34. The van der Waals surface area contributed by atoms with Crippen molar-refractivity contribution in [3.8, 4) is 0 Å². The summed E-state index contributed by atoms with van der Waals surface area (Å²) in [5, 5.41) is 0. The predicted molar refractivity (Wildman–Crippen MR) is 60.0 cm³/mol. The molecule has 0 amide bonds. The van der Waals surface area contributed by atoms with Crippen LogP contribution in [0.25, 0.3) is 5.57 Å². The van der Waals surface area contributed by atoms with Crippen molar-refractivity contribution in [3.63, 3.8) is 0 Å². The zero-order valence-electron chi connectivity index (χ0n) is 9.25. The van der Waals surface area contributed by atoms with E-state index in [-0.39, 0.29) is 0 Å². The standard InChI is InChI=1S/C13H11F3N/c1-9-5-6-17-8-12(9)10-3-2-4-11(7-10)13(14,15)16/h3-8H,2H2,1H3. The fraction of sp³-hybridized carbons (Fsp3) is 0.231. The van der Waals surface area contributed by atoms with Crippen LogP contribution in [-0.4, -0.2) is 11.2 Å². The number of nitrogens with zero attached hydrogens (tertiary/aromatic N) is 1. The highest BCUT2D eigenvalue weighted by atomic mass is 19.4. The maximum atomic E-state index is 12.6. The lowest BCUT2D eigenvalue weighted by Crippen LogP contribution is -2.14. The Labute approximate surface area is 97.7 Å². The molecule has 0 saturated heterocycles. The van der Waals surface area contributed by atoms with Crippen molar-refractivity contribution in [2.75, 3.05) is 0 Å². The first kappa shape index (κ1) is 11.9. The second-order valence-electron chi connectivity index (χ2n) is 3.89. The summed E-state index contributed by atoms with van der Waals surface area (Å²) >= 11 is 0. The van der Waals surface area contributed by atoms with Gasteiger partial charge in [-0.05, 0) is 43.0 Å². The van der Waals surface area contributed by atoms with E-state index in [0.29, 0.717) is 12.0 Å². The normalized spacial score (nSPS) is 16.5. The van der Waals surface area contributed by atoms with Crippen LogP contribution in [0.2, 0.25) is 0 Å². The van der Waals surface area contributed by atoms with Crippen LogP contribution in [0.5, 0.6) is 0 Å². The van der Waals surface area contributed by atoms with Gasteiger partial charge in [0, 0.05) is 23.5 Å². The fourth-order valence-electron chi connectivity index (χ4n) is 1.75. The Kier molecular flexibility index (Phi) is 3.05. The molecule has 0 bridgehead atoms. The molecule has 0 N–H and O–H groups in total. The fourth-order valence-corrected chi connectivity index (χ4v) is 1.75. The number of rotatable bonds is 1. The Hall–Kier alpha value is -1.58. The van der Waals surface area contributed by atoms with Gasteiger partial charge in [0.05, 0.1) is 0 Å². The van der Waals surface area contributed by atoms with Gasteiger partial charge in [-0.3, -0.25) is 4.98 Å². The zero-order chi connectivity index (χ0) is 12.5. The highest BCUT2D eigenvalue weighted by molar-refractivity contribution is 5.78. The molecule has 1 heterocycles. The molecule has 1 aromatic rings. The molecule has 0 saturated carbocycles. The van der Waals surface area contributed by atoms with Crippen LogP contribution < -0.4 is 0 Å². The maximum absolute atomic E-state index is 12.6. The Balaban J connectivity index is 2.39. The number of aromatic nitrogens is 1. The highest BCUT2D eigenvalue weighted by Crippen LogP contribution is 2.35. The summed E-state index contributed by atoms with van der Waals surface area (Å²) in [6.45, 7) is 1.86. The number of allylic oxidation sites excluding steroid dienone is 4. The van der Waals surface area contributed by atoms with E-state index in [1.165, 1.54) is 12.5 Å². The molecule has 89 valence electrons. The molecule has 0 aliphatic heterocycles. The van der Waals surface area contributed by atoms with Gasteiger partial charge in [0.15, 0.2) is 0 Å². The summed E-state index contributed by atoms with van der Waals surface area (Å²) in [6, 6.07) is 1.79. The minimum atomic E-state index is -4.28. The van der Waals surface area contributed by atoms with Crippen LogP contribution in [-0.2, 0) is 0 Å². The van der Waals surface area contributed by atoms with E-state index in [0.717, 1.165) is 11.1 Å². The largest absolute Gasteiger partial charge is 0.413 e. The molecule has 0 atom stereocenters. The van der Waals surface area contributed by atoms with Crippen molar-refractivity contribution in [1.29, 1.82) is 0 Å². The molecule has 4 heteroatoms. The molecule has 1 nitrogen and oxygen atoms in total. The van der Waals surface area contributed by atoms with Crippen molar-refractivity contribution in [3.05, 3.63) is 53.7 Å². The van der Waals surface area contributed by atoms with Crippen molar-refractivity contribution >= 4 is 5.57 Å². The Morgan fingerprint density at radius 3 is 2.71 bits per heavy atom. The third-order valence-corrected chi connectivity index (χ3v) is 2.66. The number of hydrogen-bond donors (Lipinski definition) is 0. The SMILES string of the molecule is Cc1ccncc1C1=CC[CH]C(C(F)(F)F)=C1. The van der Waals surface area contributed by atoms with Gasteiger partial charge in [0.2, 0.25) is 0 Å². The van der Waals surface area contributed by atoms with E-state index in [2.05, 4.69) is 4.98 Å². The first-order valence-corrected chi connectivity index (χ1v) is 5.22. The molecule has 1 aromatic heterocycles. The van der Waals surface area contributed by atoms with E-state index in [4.69, 9.17) is 0 Å². The van der Waals surface area contributed by atoms with Crippen molar-refractivity contribution < 1.29 is 13.2 Å². The molecule has 0 unspecified atom stereocenters. The predicted octanol–water partition coefficient (Wildman–Crippen LogP) is 3.87. The van der Waals surface area contributed by atoms with E-state index >= 15 is 0 Å². The minimum Gasteiger partial charge on any atom is -0.264 e. The molecule has 1 aliphatic carbocycles. The van der Waals surface area contributed by atoms with Crippen LogP contribution in [0.1, 0.15) is 17.5 Å². The molecule has 2 rings (SSSR count). The van der Waals surface area contributed by atoms with Crippen LogP contribution in [0, 0.1) is 13.3 Å². The first-order chi connectivity index (χ1) is 7.98. The van der Waals surface area contributed by atoms with Gasteiger partial charge in [0.1, 0.15) is 0 Å². The number of alkyl halides is 3. The second kappa shape index (κ2) is 4.35. The summed E-state index contributed by atoms with van der Waals surface area (Å²) in [5.74, 6) is 0. The lowest BCUT2D eigenvalue weighted by molar-refractivity contribution is -0.0899. The summed E-state index contributed by atoms with van der Waals surface area (Å²) in [7, 11) is 0. The quantitative estimate of drug-likeness (QED) is 0.723. The topological polar surface area (TPSA) is 12.9 Å². The number of aryl methyl sites for hydroxylation is 1. The van der Waals surface area contributed by atoms with E-state index in [1.807, 2.05) is 6.92 Å². The summed E-state index contributed by atoms with van der Waals surface area (Å²) < 4.78 is 37.8. The van der Waals surface area contributed by atoms with E-state index < -0.39 is 11.7 Å². The smallest absolute Gasteiger partial charge is 0.264 e. The van der Waals surface area contributed by atoms with E-state index in [1.54, 1.807) is 24.5 Å². The van der Waals surface area contributed by atoms with Crippen molar-refractivity contribution in [2.24, 2.45) is 0 Å². The molecule has 0 fully saturated rings. The van der Waals surface area contributed by atoms with Crippen molar-refractivity contribution in [2.45, 2.75) is 19.5 Å². The average Bonchev–Trinajstić information content (AvgIpc) is 2.29. The zero-order valence-corrected chi connectivity index (χ0v) is 9.25. The lowest BCUT2D eigenvalue weighted by atomic mass is 9.93. The van der Waals surface area contributed by atoms with Gasteiger partial charge >= 0.3 is 6.18 Å². The molecule has 1 radical (unpaired) electrons. The van der Waals surface area contributed by atoms with Crippen LogP contribution in [0.3, 0.4) is 0 Å². The Bertz CT molecular complexity index is 484. The van der Waals surface area contributed by atoms with Gasteiger partial charge < -0.3 is 0 Å². The Morgan fingerprint density at radius 2 is 2.06 bits per heavy atom. The summed E-state index contributed by atoms with van der Waals surface area (Å²) in [5.41, 5.74) is 1.68. The molecule has 17 heavy (non-hydrogen) atoms. The number of pyridine rings is 1. The minimum absolute atomic E-state index is 0.301. The average molecular weight is 238 g/mol. The first-order valence-electron chi connectivity index (χ1n) is 5.22. The number of halogens is 3. The summed E-state index contributed by atoms with van der Waals surface area (Å²) in [4.78, 5) is 3.95. The van der Waals surface area contributed by atoms with Crippen LogP contribution in [0.15, 0.2) is 36.2 Å². The van der Waals surface area contributed by atoms with Gasteiger partial charge in [-0.2, -0.15) is 13.2 Å². The molecule has 0 aromatic carbocycles. The summed E-state index contributed by atoms with van der Waals surface area (Å²) in [6.07, 6.45) is 3.38. The van der Waals surface area contributed by atoms with Gasteiger partial charge in [-0.1, -0.05) is 6.08 Å². The van der Waals surface area contributed by atoms with Gasteiger partial charge in [0.25, 0.3) is 0 Å². The van der Waals surface area contributed by atoms with E-state index in [9.17, 15) is 13.2 Å². The monoisotopic (exact) mass is 238 g/mol. The lowest BCUT2D eigenvalue weighted by Gasteiger charge is -2.17. The Morgan fingerprint density at radius 1 is 1.29 bits per heavy atom.